The van der Waals surface area contributed by atoms with Crippen LogP contribution in [0.1, 0.15) is 24.1 Å². The number of amidine groups is 1. The first-order valence-electron chi connectivity index (χ1n) is 8.11. The minimum absolute atomic E-state index is 0. The molecule has 2 aromatic rings. The Labute approximate surface area is 175 Å². The molecule has 6 heteroatoms. The minimum atomic E-state index is -0.311. The topological polar surface area (TPSA) is 53.5 Å². The number of halogens is 1. The summed E-state index contributed by atoms with van der Waals surface area (Å²) in [6, 6.07) is 17.4. The van der Waals surface area contributed by atoms with E-state index in [4.69, 9.17) is 4.99 Å². The second kappa shape index (κ2) is 9.23. The van der Waals surface area contributed by atoms with Gasteiger partial charge in [-0.1, -0.05) is 60.3 Å². The second-order valence-corrected chi connectivity index (χ2v) is 6.68. The first-order chi connectivity index (χ1) is 12.1. The highest BCUT2D eigenvalue weighted by atomic mass is 127. The number of nitrogens with zero attached hydrogens (tertiary/aromatic N) is 1. The average Bonchev–Trinajstić information content (AvgIpc) is 2.63. The number of rotatable bonds is 3. The molecule has 1 aliphatic rings. The lowest BCUT2D eigenvalue weighted by molar-refractivity contribution is -0.113. The number of allylic oxidation sites excluding steroid dienone is 1. The Morgan fingerprint density at radius 1 is 1.08 bits per heavy atom. The first-order valence-corrected chi connectivity index (χ1v) is 9.34. The Bertz CT molecular complexity index is 849. The number of thioether (sulfide) groups is 1. The van der Waals surface area contributed by atoms with Crippen molar-refractivity contribution in [2.75, 3.05) is 11.6 Å². The van der Waals surface area contributed by atoms with Crippen molar-refractivity contribution in [1.29, 1.82) is 0 Å². The van der Waals surface area contributed by atoms with Crippen molar-refractivity contribution in [2.24, 2.45) is 4.99 Å². The number of nitrogens with one attached hydrogen (secondary N) is 2. The quantitative estimate of drug-likeness (QED) is 0.654. The van der Waals surface area contributed by atoms with Crippen molar-refractivity contribution in [3.63, 3.8) is 0 Å². The molecule has 0 bridgehead atoms. The zero-order valence-corrected chi connectivity index (χ0v) is 17.9. The number of benzene rings is 2. The van der Waals surface area contributed by atoms with Crippen molar-refractivity contribution in [2.45, 2.75) is 19.9 Å². The molecule has 0 spiro atoms. The van der Waals surface area contributed by atoms with Gasteiger partial charge in [-0.05, 0) is 37.3 Å². The lowest BCUT2D eigenvalue weighted by Gasteiger charge is -2.26. The zero-order chi connectivity index (χ0) is 17.8. The summed E-state index contributed by atoms with van der Waals surface area (Å²) in [5.41, 5.74) is 4.33. The van der Waals surface area contributed by atoms with Crippen LogP contribution in [0.4, 0.5) is 5.69 Å². The summed E-state index contributed by atoms with van der Waals surface area (Å²) in [5, 5.41) is 7.08. The van der Waals surface area contributed by atoms with Gasteiger partial charge in [0.25, 0.3) is 5.91 Å². The van der Waals surface area contributed by atoms with Crippen molar-refractivity contribution in [3.8, 4) is 0 Å². The van der Waals surface area contributed by atoms with Crippen LogP contribution in [0.25, 0.3) is 0 Å². The van der Waals surface area contributed by atoms with Gasteiger partial charge in [0, 0.05) is 11.4 Å². The molecule has 2 aromatic carbocycles. The Morgan fingerprint density at radius 2 is 1.73 bits per heavy atom. The van der Waals surface area contributed by atoms with Crippen LogP contribution in [0.5, 0.6) is 0 Å². The van der Waals surface area contributed by atoms with E-state index in [1.807, 2.05) is 74.7 Å². The van der Waals surface area contributed by atoms with Crippen molar-refractivity contribution in [3.05, 3.63) is 77.0 Å². The fraction of sp³-hybridized carbons (Fsp3) is 0.200. The van der Waals surface area contributed by atoms with Crippen LogP contribution in [-0.2, 0) is 4.79 Å². The van der Waals surface area contributed by atoms with Gasteiger partial charge in [-0.3, -0.25) is 4.79 Å². The van der Waals surface area contributed by atoms with Crippen molar-refractivity contribution in [1.82, 2.24) is 5.32 Å². The third kappa shape index (κ3) is 4.48. The SMILES string of the molecule is CSC1=NC(c2ccccc2)C(C(=O)Nc2ccccc2C)=C(C)N1.[I-]. The summed E-state index contributed by atoms with van der Waals surface area (Å²) in [5.74, 6) is -0.128. The van der Waals surface area contributed by atoms with Crippen LogP contribution in [0.15, 0.2) is 70.9 Å². The van der Waals surface area contributed by atoms with Crippen molar-refractivity contribution < 1.29 is 28.8 Å². The summed E-state index contributed by atoms with van der Waals surface area (Å²) < 4.78 is 0. The molecule has 0 saturated heterocycles. The predicted octanol–water partition coefficient (Wildman–Crippen LogP) is 1.28. The number of hydrogen-bond acceptors (Lipinski definition) is 4. The zero-order valence-electron chi connectivity index (χ0n) is 14.9. The lowest BCUT2D eigenvalue weighted by atomic mass is 9.96. The van der Waals surface area contributed by atoms with E-state index in [0.717, 1.165) is 27.7 Å². The first kappa shape index (κ1) is 20.5. The molecular formula is C20H21IN3OS-. The molecule has 4 nitrogen and oxygen atoms in total. The maximum absolute atomic E-state index is 13.0. The van der Waals surface area contributed by atoms with Gasteiger partial charge >= 0.3 is 0 Å². The van der Waals surface area contributed by atoms with E-state index >= 15 is 0 Å². The van der Waals surface area contributed by atoms with E-state index < -0.39 is 0 Å². The fourth-order valence-corrected chi connectivity index (χ4v) is 3.29. The van der Waals surface area contributed by atoms with Crippen LogP contribution < -0.4 is 34.6 Å². The molecule has 1 unspecified atom stereocenters. The highest BCUT2D eigenvalue weighted by Crippen LogP contribution is 2.32. The van der Waals surface area contributed by atoms with Gasteiger partial charge in [0.2, 0.25) is 0 Å². The van der Waals surface area contributed by atoms with Gasteiger partial charge < -0.3 is 34.6 Å². The summed E-state index contributed by atoms with van der Waals surface area (Å²) >= 11 is 1.54. The summed E-state index contributed by atoms with van der Waals surface area (Å²) in [6.07, 6.45) is 1.97. The summed E-state index contributed by atoms with van der Waals surface area (Å²) in [6.45, 7) is 3.90. The number of carbonyl (C=O) groups excluding carboxylic acids is 1. The molecule has 0 fully saturated rings. The number of aryl methyl sites for hydroxylation is 1. The smallest absolute Gasteiger partial charge is 0.255 e. The lowest BCUT2D eigenvalue weighted by Crippen LogP contribution is -3.00. The van der Waals surface area contributed by atoms with Gasteiger partial charge in [0.15, 0.2) is 5.17 Å². The molecule has 1 atom stereocenters. The maximum atomic E-state index is 13.0. The molecule has 26 heavy (non-hydrogen) atoms. The number of para-hydroxylation sites is 1. The molecular weight excluding hydrogens is 457 g/mol. The molecule has 0 aromatic heterocycles. The Balaban J connectivity index is 0.00000243. The number of carbonyl (C=O) groups is 1. The maximum Gasteiger partial charge on any atom is 0.255 e. The third-order valence-corrected chi connectivity index (χ3v) is 4.76. The van der Waals surface area contributed by atoms with Gasteiger partial charge in [0.1, 0.15) is 6.04 Å². The van der Waals surface area contributed by atoms with Crippen LogP contribution >= 0.6 is 11.8 Å². The largest absolute Gasteiger partial charge is 1.00 e. The summed E-state index contributed by atoms with van der Waals surface area (Å²) in [7, 11) is 0. The van der Waals surface area contributed by atoms with Gasteiger partial charge in [0.05, 0.1) is 5.57 Å². The normalized spacial score (nSPS) is 16.3. The third-order valence-electron chi connectivity index (χ3n) is 4.16. The van der Waals surface area contributed by atoms with Gasteiger partial charge in [-0.15, -0.1) is 0 Å². The molecule has 0 radical (unpaired) electrons. The highest BCUT2D eigenvalue weighted by Gasteiger charge is 2.29. The van der Waals surface area contributed by atoms with Crippen LogP contribution in [-0.4, -0.2) is 17.3 Å². The number of aliphatic imine (C=N–C) groups is 1. The van der Waals surface area contributed by atoms with E-state index in [0.29, 0.717) is 5.57 Å². The van der Waals surface area contributed by atoms with Crippen molar-refractivity contribution >= 4 is 28.5 Å². The average molecular weight is 478 g/mol. The standard InChI is InChI=1S/C20H21N3OS.HI/c1-13-9-7-8-12-16(13)22-19(24)17-14(2)21-20(25-3)23-18(17)15-10-5-4-6-11-15;/h4-12,18H,1-3H3,(H,21,23)(H,22,24);1H/p-1. The van der Waals surface area contributed by atoms with Crippen LogP contribution in [0.3, 0.4) is 0 Å². The minimum Gasteiger partial charge on any atom is -1.00 e. The Kier molecular flexibility index (Phi) is 7.28. The summed E-state index contributed by atoms with van der Waals surface area (Å²) in [4.78, 5) is 17.8. The van der Waals surface area contributed by atoms with E-state index in [9.17, 15) is 4.79 Å². The molecule has 2 N–H and O–H groups in total. The van der Waals surface area contributed by atoms with E-state index in [1.54, 1.807) is 11.8 Å². The molecule has 1 heterocycles. The Morgan fingerprint density at radius 3 is 2.38 bits per heavy atom. The highest BCUT2D eigenvalue weighted by molar-refractivity contribution is 8.13. The fourth-order valence-electron chi connectivity index (χ4n) is 2.82. The Hall–Kier alpha value is -1.80. The van der Waals surface area contributed by atoms with Gasteiger partial charge in [-0.2, -0.15) is 0 Å². The molecule has 136 valence electrons. The number of anilines is 1. The van der Waals surface area contributed by atoms with E-state index in [-0.39, 0.29) is 35.9 Å². The monoisotopic (exact) mass is 478 g/mol. The molecule has 1 aliphatic heterocycles. The molecule has 1 amide bonds. The van der Waals surface area contributed by atoms with E-state index in [1.165, 1.54) is 0 Å². The number of hydrogen-bond donors (Lipinski definition) is 2. The molecule has 3 rings (SSSR count). The van der Waals surface area contributed by atoms with Crippen LogP contribution in [0.2, 0.25) is 0 Å². The molecule has 0 aliphatic carbocycles. The van der Waals surface area contributed by atoms with Gasteiger partial charge in [-0.25, -0.2) is 4.99 Å². The second-order valence-electron chi connectivity index (χ2n) is 5.88. The predicted molar refractivity (Wildman–Crippen MR) is 106 cm³/mol. The number of amides is 1. The van der Waals surface area contributed by atoms with Crippen LogP contribution in [0, 0.1) is 6.92 Å². The van der Waals surface area contributed by atoms with E-state index in [2.05, 4.69) is 10.6 Å². The molecule has 0 saturated carbocycles.